The quantitative estimate of drug-likeness (QED) is 0.508. The Kier molecular flexibility index (Phi) is 2.69. The molecule has 1 aromatic heterocycles. The largest absolute Gasteiger partial charge is 0.330 e. The standard InChI is InChI=1S/C6H9N3O2S/c1-3-9-5(11)4(10)7-8-6(9)12-2/h3H2,1-2H3,(H,7,10). The van der Waals surface area contributed by atoms with Crippen LogP contribution in [0.25, 0.3) is 0 Å². The fourth-order valence-corrected chi connectivity index (χ4v) is 1.42. The third kappa shape index (κ3) is 1.42. The molecule has 6 heteroatoms. The molecule has 12 heavy (non-hydrogen) atoms. The van der Waals surface area contributed by atoms with E-state index in [0.29, 0.717) is 11.7 Å². The highest BCUT2D eigenvalue weighted by molar-refractivity contribution is 7.98. The van der Waals surface area contributed by atoms with Gasteiger partial charge in [-0.15, -0.1) is 5.10 Å². The lowest BCUT2D eigenvalue weighted by Gasteiger charge is -2.03. The molecule has 0 aliphatic heterocycles. The van der Waals surface area contributed by atoms with Crippen molar-refractivity contribution in [3.05, 3.63) is 20.7 Å². The predicted molar refractivity (Wildman–Crippen MR) is 46.6 cm³/mol. The summed E-state index contributed by atoms with van der Waals surface area (Å²) >= 11 is 1.32. The fourth-order valence-electron chi connectivity index (χ4n) is 0.851. The zero-order valence-electron chi connectivity index (χ0n) is 6.83. The Bertz CT molecular complexity index is 381. The monoisotopic (exact) mass is 187 g/mol. The number of hydrogen-bond acceptors (Lipinski definition) is 4. The highest BCUT2D eigenvalue weighted by Gasteiger charge is 2.04. The van der Waals surface area contributed by atoms with E-state index in [4.69, 9.17) is 0 Å². The molecule has 0 amide bonds. The van der Waals surface area contributed by atoms with Crippen LogP contribution >= 0.6 is 11.8 Å². The van der Waals surface area contributed by atoms with Gasteiger partial charge in [0.1, 0.15) is 0 Å². The first kappa shape index (κ1) is 9.05. The van der Waals surface area contributed by atoms with E-state index in [-0.39, 0.29) is 0 Å². The average molecular weight is 187 g/mol. The molecule has 66 valence electrons. The number of nitrogens with one attached hydrogen (secondary N) is 1. The van der Waals surface area contributed by atoms with Crippen LogP contribution in [0.3, 0.4) is 0 Å². The Morgan fingerprint density at radius 3 is 2.75 bits per heavy atom. The van der Waals surface area contributed by atoms with Crippen molar-refractivity contribution in [1.29, 1.82) is 0 Å². The molecule has 0 fully saturated rings. The van der Waals surface area contributed by atoms with Crippen LogP contribution < -0.4 is 11.1 Å². The van der Waals surface area contributed by atoms with E-state index >= 15 is 0 Å². The Morgan fingerprint density at radius 2 is 2.25 bits per heavy atom. The Morgan fingerprint density at radius 1 is 1.58 bits per heavy atom. The van der Waals surface area contributed by atoms with Gasteiger partial charge in [-0.05, 0) is 13.2 Å². The van der Waals surface area contributed by atoms with E-state index in [2.05, 4.69) is 10.2 Å². The van der Waals surface area contributed by atoms with Gasteiger partial charge in [-0.25, -0.2) is 5.10 Å². The molecule has 1 aromatic rings. The molecule has 0 radical (unpaired) electrons. The van der Waals surface area contributed by atoms with Crippen LogP contribution in [-0.2, 0) is 6.54 Å². The second kappa shape index (κ2) is 3.57. The number of rotatable bonds is 2. The van der Waals surface area contributed by atoms with Crippen molar-refractivity contribution in [2.24, 2.45) is 0 Å². The van der Waals surface area contributed by atoms with E-state index in [0.717, 1.165) is 0 Å². The van der Waals surface area contributed by atoms with E-state index in [1.807, 2.05) is 0 Å². The maximum Gasteiger partial charge on any atom is 0.330 e. The van der Waals surface area contributed by atoms with Crippen molar-refractivity contribution in [3.63, 3.8) is 0 Å². The van der Waals surface area contributed by atoms with Gasteiger partial charge in [-0.1, -0.05) is 11.8 Å². The Labute approximate surface area is 72.8 Å². The predicted octanol–water partition coefficient (Wildman–Crippen LogP) is -0.327. The van der Waals surface area contributed by atoms with Gasteiger partial charge < -0.3 is 0 Å². The van der Waals surface area contributed by atoms with Crippen LogP contribution in [-0.4, -0.2) is 21.0 Å². The van der Waals surface area contributed by atoms with Crippen molar-refractivity contribution >= 4 is 11.8 Å². The molecule has 1 heterocycles. The maximum atomic E-state index is 11.1. The molecular formula is C6H9N3O2S. The molecule has 0 aromatic carbocycles. The van der Waals surface area contributed by atoms with Gasteiger partial charge in [0.05, 0.1) is 0 Å². The lowest BCUT2D eigenvalue weighted by molar-refractivity contribution is 0.583. The second-order valence-electron chi connectivity index (χ2n) is 2.09. The van der Waals surface area contributed by atoms with Gasteiger partial charge in [0.25, 0.3) is 0 Å². The number of hydrogen-bond donors (Lipinski definition) is 1. The molecule has 0 bridgehead atoms. The lowest BCUT2D eigenvalue weighted by atomic mass is 10.7. The van der Waals surface area contributed by atoms with E-state index in [1.54, 1.807) is 13.2 Å². The van der Waals surface area contributed by atoms with Crippen molar-refractivity contribution in [2.75, 3.05) is 6.26 Å². The molecule has 0 aliphatic carbocycles. The van der Waals surface area contributed by atoms with Crippen LogP contribution in [0.15, 0.2) is 14.7 Å². The Balaban J connectivity index is 3.46. The van der Waals surface area contributed by atoms with Crippen LogP contribution in [0.5, 0.6) is 0 Å². The number of thioether (sulfide) groups is 1. The summed E-state index contributed by atoms with van der Waals surface area (Å²) in [7, 11) is 0. The highest BCUT2D eigenvalue weighted by atomic mass is 32.2. The SMILES string of the molecule is CCn1c(SC)n[nH]c(=O)c1=O. The molecule has 0 saturated heterocycles. The van der Waals surface area contributed by atoms with E-state index in [1.165, 1.54) is 16.3 Å². The zero-order valence-corrected chi connectivity index (χ0v) is 7.64. The summed E-state index contributed by atoms with van der Waals surface area (Å²) in [6.07, 6.45) is 1.80. The molecule has 5 nitrogen and oxygen atoms in total. The third-order valence-electron chi connectivity index (χ3n) is 1.42. The minimum absolute atomic E-state index is 0.464. The topological polar surface area (TPSA) is 67.8 Å². The van der Waals surface area contributed by atoms with Gasteiger partial charge in [-0.2, -0.15) is 0 Å². The summed E-state index contributed by atoms with van der Waals surface area (Å²) in [6.45, 7) is 2.26. The number of nitrogens with zero attached hydrogens (tertiary/aromatic N) is 2. The summed E-state index contributed by atoms with van der Waals surface area (Å²) in [5, 5.41) is 6.38. The van der Waals surface area contributed by atoms with Crippen molar-refractivity contribution < 1.29 is 0 Å². The van der Waals surface area contributed by atoms with Crippen LogP contribution in [0, 0.1) is 0 Å². The van der Waals surface area contributed by atoms with Crippen molar-refractivity contribution in [3.8, 4) is 0 Å². The van der Waals surface area contributed by atoms with Crippen LogP contribution in [0.4, 0.5) is 0 Å². The van der Waals surface area contributed by atoms with Gasteiger partial charge in [0, 0.05) is 6.54 Å². The first-order valence-electron chi connectivity index (χ1n) is 3.44. The maximum absolute atomic E-state index is 11.1. The highest BCUT2D eigenvalue weighted by Crippen LogP contribution is 2.05. The number of aromatic amines is 1. The van der Waals surface area contributed by atoms with E-state index in [9.17, 15) is 9.59 Å². The van der Waals surface area contributed by atoms with Crippen molar-refractivity contribution in [2.45, 2.75) is 18.6 Å². The molecule has 1 rings (SSSR count). The molecule has 0 saturated carbocycles. The third-order valence-corrected chi connectivity index (χ3v) is 2.10. The summed E-state index contributed by atoms with van der Waals surface area (Å²) in [4.78, 5) is 22.0. The Hall–Kier alpha value is -1.04. The molecule has 0 aliphatic rings. The first-order chi connectivity index (χ1) is 5.70. The van der Waals surface area contributed by atoms with E-state index < -0.39 is 11.1 Å². The van der Waals surface area contributed by atoms with Gasteiger partial charge >= 0.3 is 11.1 Å². The summed E-state index contributed by atoms with van der Waals surface area (Å²) < 4.78 is 1.34. The molecule has 0 unspecified atom stereocenters. The average Bonchev–Trinajstić information content (AvgIpc) is 2.09. The van der Waals surface area contributed by atoms with Gasteiger partial charge in [0.2, 0.25) is 0 Å². The zero-order chi connectivity index (χ0) is 9.14. The molecule has 0 spiro atoms. The smallest absolute Gasteiger partial charge is 0.282 e. The summed E-state index contributed by atoms with van der Waals surface area (Å²) in [5.74, 6) is 0. The lowest BCUT2D eigenvalue weighted by Crippen LogP contribution is -2.37. The molecule has 1 N–H and O–H groups in total. The molecule has 0 atom stereocenters. The van der Waals surface area contributed by atoms with Gasteiger partial charge in [0.15, 0.2) is 5.16 Å². The van der Waals surface area contributed by atoms with Crippen molar-refractivity contribution in [1.82, 2.24) is 14.8 Å². The van der Waals surface area contributed by atoms with Gasteiger partial charge in [-0.3, -0.25) is 14.2 Å². The minimum atomic E-state index is -0.672. The molecular weight excluding hydrogens is 178 g/mol. The number of aromatic nitrogens is 3. The minimum Gasteiger partial charge on any atom is -0.282 e. The van der Waals surface area contributed by atoms with Crippen LogP contribution in [0.1, 0.15) is 6.92 Å². The summed E-state index contributed by atoms with van der Waals surface area (Å²) in [5.41, 5.74) is -1.22. The normalized spacial score (nSPS) is 10.2. The first-order valence-corrected chi connectivity index (χ1v) is 4.66. The summed E-state index contributed by atoms with van der Waals surface area (Å²) in [6, 6.07) is 0. The second-order valence-corrected chi connectivity index (χ2v) is 2.86. The fraction of sp³-hybridized carbons (Fsp3) is 0.500. The number of H-pyrrole nitrogens is 1. The van der Waals surface area contributed by atoms with Crippen LogP contribution in [0.2, 0.25) is 0 Å².